The van der Waals surface area contributed by atoms with Crippen LogP contribution < -0.4 is 0 Å². The van der Waals surface area contributed by atoms with Crippen LogP contribution in [0.5, 0.6) is 0 Å². The van der Waals surface area contributed by atoms with Crippen molar-refractivity contribution < 1.29 is 4.42 Å². The Morgan fingerprint density at radius 1 is 0.638 bits per heavy atom. The Labute approximate surface area is 274 Å². The summed E-state index contributed by atoms with van der Waals surface area (Å²) in [5.74, 6) is 1.86. The molecule has 4 nitrogen and oxygen atoms in total. The van der Waals surface area contributed by atoms with Gasteiger partial charge in [-0.3, -0.25) is 0 Å². The highest BCUT2D eigenvalue weighted by Gasteiger charge is 2.36. The molecule has 8 rings (SSSR count). The third kappa shape index (κ3) is 4.64. The molecule has 0 atom stereocenters. The molecule has 2 aromatic heterocycles. The van der Waals surface area contributed by atoms with Gasteiger partial charge in [0.2, 0.25) is 0 Å². The van der Waals surface area contributed by atoms with E-state index in [1.165, 1.54) is 27.8 Å². The van der Waals surface area contributed by atoms with Crippen LogP contribution in [0.25, 0.3) is 72.8 Å². The minimum Gasteiger partial charge on any atom is -0.456 e. The highest BCUT2D eigenvalue weighted by molar-refractivity contribution is 6.13. The van der Waals surface area contributed by atoms with Gasteiger partial charge in [0.1, 0.15) is 11.2 Å². The van der Waals surface area contributed by atoms with E-state index in [1.54, 1.807) is 0 Å². The molecule has 0 aliphatic heterocycles. The number of benzene rings is 5. The Kier molecular flexibility index (Phi) is 6.80. The highest BCUT2D eigenvalue weighted by Crippen LogP contribution is 2.51. The third-order valence-corrected chi connectivity index (χ3v) is 9.25. The molecule has 5 aromatic carbocycles. The highest BCUT2D eigenvalue weighted by atomic mass is 16.3. The summed E-state index contributed by atoms with van der Waals surface area (Å²) in [7, 11) is 0. The van der Waals surface area contributed by atoms with E-state index in [1.807, 2.05) is 78.9 Å². The molecule has 226 valence electrons. The van der Waals surface area contributed by atoms with Crippen molar-refractivity contribution in [1.29, 1.82) is 0 Å². The summed E-state index contributed by atoms with van der Waals surface area (Å²) in [6.07, 6.45) is 6.35. The Morgan fingerprint density at radius 2 is 1.28 bits per heavy atom. The first-order valence-electron chi connectivity index (χ1n) is 15.9. The van der Waals surface area contributed by atoms with E-state index in [0.29, 0.717) is 17.5 Å². The summed E-state index contributed by atoms with van der Waals surface area (Å²) >= 11 is 0. The van der Waals surface area contributed by atoms with Crippen LogP contribution in [0.15, 0.2) is 150 Å². The standard InChI is InChI=1S/C43H33N3O/c1-5-15-34-30(6-2)38-31(20-13-22-35(38)43(34,3)4)29-24-25-36-33(26-29)39-32(21-14-23-37(39)47-36)42-45-40(27-16-9-7-10-17-27)44-41(46-42)28-18-11-8-12-19-28/h5-26H,2H2,1,3-4H3/b15-5-. The molecular weight excluding hydrogens is 574 g/mol. The monoisotopic (exact) mass is 607 g/mol. The predicted molar refractivity (Wildman–Crippen MR) is 194 cm³/mol. The molecule has 1 aliphatic rings. The fraction of sp³-hybridized carbons (Fsp3) is 0.0930. The molecule has 0 saturated carbocycles. The fourth-order valence-electron chi connectivity index (χ4n) is 7.01. The molecule has 0 fully saturated rings. The average Bonchev–Trinajstić information content (AvgIpc) is 3.60. The van der Waals surface area contributed by atoms with Crippen LogP contribution in [0.2, 0.25) is 0 Å². The van der Waals surface area contributed by atoms with Crippen molar-refractivity contribution in [3.05, 3.63) is 157 Å². The molecule has 0 spiro atoms. The van der Waals surface area contributed by atoms with Crippen LogP contribution in [-0.4, -0.2) is 15.0 Å². The van der Waals surface area contributed by atoms with Crippen LogP contribution in [-0.2, 0) is 5.41 Å². The number of aromatic nitrogens is 3. The smallest absolute Gasteiger partial charge is 0.164 e. The molecule has 47 heavy (non-hydrogen) atoms. The van der Waals surface area contributed by atoms with Gasteiger partial charge < -0.3 is 4.42 Å². The maximum Gasteiger partial charge on any atom is 0.164 e. The summed E-state index contributed by atoms with van der Waals surface area (Å²) in [6, 6.07) is 39.3. The fourth-order valence-corrected chi connectivity index (χ4v) is 7.01. The summed E-state index contributed by atoms with van der Waals surface area (Å²) in [6.45, 7) is 10.9. The van der Waals surface area contributed by atoms with Crippen LogP contribution in [0.1, 0.15) is 31.9 Å². The number of nitrogens with zero attached hydrogens (tertiary/aromatic N) is 3. The van der Waals surface area contributed by atoms with E-state index >= 15 is 0 Å². The maximum absolute atomic E-state index is 6.45. The van der Waals surface area contributed by atoms with Crippen molar-refractivity contribution in [3.8, 4) is 45.3 Å². The van der Waals surface area contributed by atoms with Crippen molar-refractivity contribution in [1.82, 2.24) is 15.0 Å². The predicted octanol–water partition coefficient (Wildman–Crippen LogP) is 11.2. The lowest BCUT2D eigenvalue weighted by Gasteiger charge is -2.23. The quantitative estimate of drug-likeness (QED) is 0.189. The van der Waals surface area contributed by atoms with Gasteiger partial charge in [-0.25, -0.2) is 15.0 Å². The van der Waals surface area contributed by atoms with Gasteiger partial charge >= 0.3 is 0 Å². The second-order valence-electron chi connectivity index (χ2n) is 12.4. The van der Waals surface area contributed by atoms with Gasteiger partial charge in [0.15, 0.2) is 17.5 Å². The van der Waals surface area contributed by atoms with E-state index in [0.717, 1.165) is 44.2 Å². The van der Waals surface area contributed by atoms with Gasteiger partial charge in [-0.1, -0.05) is 136 Å². The van der Waals surface area contributed by atoms with E-state index in [9.17, 15) is 0 Å². The number of rotatable bonds is 6. The average molecular weight is 608 g/mol. The molecular formula is C43H33N3O. The number of fused-ring (bicyclic) bond motifs is 4. The van der Waals surface area contributed by atoms with Crippen molar-refractivity contribution in [2.45, 2.75) is 26.2 Å². The summed E-state index contributed by atoms with van der Waals surface area (Å²) in [4.78, 5) is 15.0. The first-order valence-corrected chi connectivity index (χ1v) is 15.9. The Bertz CT molecular complexity index is 2340. The zero-order valence-corrected chi connectivity index (χ0v) is 26.7. The van der Waals surface area contributed by atoms with Gasteiger partial charge in [-0.2, -0.15) is 0 Å². The van der Waals surface area contributed by atoms with Crippen LogP contribution in [0.4, 0.5) is 0 Å². The van der Waals surface area contributed by atoms with Crippen LogP contribution in [0, 0.1) is 0 Å². The zero-order chi connectivity index (χ0) is 32.1. The molecule has 0 N–H and O–H groups in total. The molecule has 0 saturated heterocycles. The van der Waals surface area contributed by atoms with Crippen LogP contribution in [0.3, 0.4) is 0 Å². The largest absolute Gasteiger partial charge is 0.456 e. The molecule has 0 bridgehead atoms. The lowest BCUT2D eigenvalue weighted by Crippen LogP contribution is -2.16. The second kappa shape index (κ2) is 11.2. The molecule has 4 heteroatoms. The van der Waals surface area contributed by atoms with Gasteiger partial charge in [0, 0.05) is 32.9 Å². The second-order valence-corrected chi connectivity index (χ2v) is 12.4. The SMILES string of the molecule is C=CC1=C(/C=C\C)C(C)(C)c2cccc(-c3ccc4oc5cccc(-c6nc(-c7ccccc7)nc(-c7ccccc7)n6)c5c4c3)c21. The third-order valence-electron chi connectivity index (χ3n) is 9.25. The summed E-state index contributed by atoms with van der Waals surface area (Å²) in [5, 5.41) is 2.00. The van der Waals surface area contributed by atoms with Crippen molar-refractivity contribution >= 4 is 27.5 Å². The van der Waals surface area contributed by atoms with Crippen molar-refractivity contribution in [2.24, 2.45) is 0 Å². The van der Waals surface area contributed by atoms with E-state index in [-0.39, 0.29) is 5.41 Å². The van der Waals surface area contributed by atoms with E-state index in [2.05, 4.69) is 82.0 Å². The van der Waals surface area contributed by atoms with E-state index < -0.39 is 0 Å². The molecule has 7 aromatic rings. The first kappa shape index (κ1) is 28.6. The normalized spacial score (nSPS) is 13.9. The number of hydrogen-bond acceptors (Lipinski definition) is 4. The van der Waals surface area contributed by atoms with E-state index in [4.69, 9.17) is 19.4 Å². The summed E-state index contributed by atoms with van der Waals surface area (Å²) < 4.78 is 6.45. The van der Waals surface area contributed by atoms with Gasteiger partial charge in [0.05, 0.1) is 0 Å². The lowest BCUT2D eigenvalue weighted by atomic mass is 9.80. The van der Waals surface area contributed by atoms with Crippen molar-refractivity contribution in [2.75, 3.05) is 0 Å². The molecule has 0 unspecified atom stereocenters. The number of furan rings is 1. The Morgan fingerprint density at radius 3 is 1.94 bits per heavy atom. The minimum atomic E-state index is -0.132. The topological polar surface area (TPSA) is 51.8 Å². The summed E-state index contributed by atoms with van der Waals surface area (Å²) in [5.41, 5.74) is 11.6. The molecule has 1 aliphatic carbocycles. The maximum atomic E-state index is 6.45. The Balaban J connectivity index is 1.36. The molecule has 0 amide bonds. The Hall–Kier alpha value is -5.87. The minimum absolute atomic E-state index is 0.132. The first-order chi connectivity index (χ1) is 23.0. The lowest BCUT2D eigenvalue weighted by molar-refractivity contribution is 0.654. The van der Waals surface area contributed by atoms with Gasteiger partial charge in [-0.15, -0.1) is 0 Å². The van der Waals surface area contributed by atoms with Gasteiger partial charge in [0.25, 0.3) is 0 Å². The van der Waals surface area contributed by atoms with Gasteiger partial charge in [-0.05, 0) is 58.5 Å². The van der Waals surface area contributed by atoms with Crippen molar-refractivity contribution in [3.63, 3.8) is 0 Å². The van der Waals surface area contributed by atoms with Crippen LogP contribution >= 0.6 is 0 Å². The number of allylic oxidation sites excluding steroid dienone is 5. The number of hydrogen-bond donors (Lipinski definition) is 0. The molecule has 2 heterocycles. The molecule has 0 radical (unpaired) electrons. The zero-order valence-electron chi connectivity index (χ0n) is 26.7.